The minimum atomic E-state index is -0.692. The molecule has 0 aromatic heterocycles. The Kier molecular flexibility index (Phi) is 6.03. The summed E-state index contributed by atoms with van der Waals surface area (Å²) in [5, 5.41) is 5.67. The van der Waals surface area contributed by atoms with Gasteiger partial charge in [-0.1, -0.05) is 26.0 Å². The fourth-order valence-corrected chi connectivity index (χ4v) is 1.79. The highest BCUT2D eigenvalue weighted by molar-refractivity contribution is 5.83. The van der Waals surface area contributed by atoms with Crippen molar-refractivity contribution in [3.8, 4) is 0 Å². The van der Waals surface area contributed by atoms with Gasteiger partial charge in [0, 0.05) is 19.2 Å². The van der Waals surface area contributed by atoms with Gasteiger partial charge >= 0.3 is 5.97 Å². The Morgan fingerprint density at radius 1 is 1.20 bits per heavy atom. The van der Waals surface area contributed by atoms with E-state index in [9.17, 15) is 9.59 Å². The SMILES string of the molecule is COC(=O)C(CNc1ccc(C(C)C)cc1)NC(C)=O. The minimum Gasteiger partial charge on any atom is -0.467 e. The van der Waals surface area contributed by atoms with Gasteiger partial charge in [0.05, 0.1) is 7.11 Å². The molecule has 0 bridgehead atoms. The molecule has 5 nitrogen and oxygen atoms in total. The zero-order valence-electron chi connectivity index (χ0n) is 12.4. The number of methoxy groups -OCH3 is 1. The van der Waals surface area contributed by atoms with Crippen molar-refractivity contribution in [2.24, 2.45) is 0 Å². The predicted octanol–water partition coefficient (Wildman–Crippen LogP) is 1.90. The van der Waals surface area contributed by atoms with E-state index in [1.165, 1.54) is 19.6 Å². The molecular weight excluding hydrogens is 256 g/mol. The van der Waals surface area contributed by atoms with Gasteiger partial charge in [-0.3, -0.25) is 4.79 Å². The molecule has 1 rings (SSSR count). The van der Waals surface area contributed by atoms with E-state index in [1.54, 1.807) is 0 Å². The van der Waals surface area contributed by atoms with Gasteiger partial charge in [-0.25, -0.2) is 4.79 Å². The summed E-state index contributed by atoms with van der Waals surface area (Å²) in [4.78, 5) is 22.6. The number of anilines is 1. The Hall–Kier alpha value is -2.04. The first-order chi connectivity index (χ1) is 9.43. The largest absolute Gasteiger partial charge is 0.467 e. The number of nitrogens with one attached hydrogen (secondary N) is 2. The third-order valence-electron chi connectivity index (χ3n) is 2.95. The first-order valence-corrected chi connectivity index (χ1v) is 6.62. The summed E-state index contributed by atoms with van der Waals surface area (Å²) >= 11 is 0. The average molecular weight is 278 g/mol. The molecule has 1 aromatic rings. The molecule has 0 fully saturated rings. The van der Waals surface area contributed by atoms with Crippen LogP contribution < -0.4 is 10.6 Å². The van der Waals surface area contributed by atoms with Gasteiger partial charge in [-0.05, 0) is 23.6 Å². The highest BCUT2D eigenvalue weighted by Gasteiger charge is 2.19. The second kappa shape index (κ2) is 7.53. The third kappa shape index (κ3) is 4.91. The molecule has 1 amide bonds. The van der Waals surface area contributed by atoms with Gasteiger partial charge in [-0.2, -0.15) is 0 Å². The number of hydrogen-bond donors (Lipinski definition) is 2. The molecule has 0 aliphatic rings. The maximum Gasteiger partial charge on any atom is 0.330 e. The number of hydrogen-bond acceptors (Lipinski definition) is 4. The maximum absolute atomic E-state index is 11.5. The summed E-state index contributed by atoms with van der Waals surface area (Å²) in [6.07, 6.45) is 0. The van der Waals surface area contributed by atoms with Crippen molar-refractivity contribution in [3.05, 3.63) is 29.8 Å². The molecule has 1 aromatic carbocycles. The molecule has 5 heteroatoms. The van der Waals surface area contributed by atoms with Crippen molar-refractivity contribution >= 4 is 17.6 Å². The van der Waals surface area contributed by atoms with Crippen molar-refractivity contribution in [1.29, 1.82) is 0 Å². The van der Waals surface area contributed by atoms with E-state index in [-0.39, 0.29) is 12.5 Å². The molecule has 1 unspecified atom stereocenters. The van der Waals surface area contributed by atoms with E-state index < -0.39 is 12.0 Å². The number of carbonyl (C=O) groups excluding carboxylic acids is 2. The van der Waals surface area contributed by atoms with Crippen LogP contribution in [-0.2, 0) is 14.3 Å². The van der Waals surface area contributed by atoms with Crippen molar-refractivity contribution in [1.82, 2.24) is 5.32 Å². The molecule has 1 atom stereocenters. The molecule has 0 saturated heterocycles. The van der Waals surface area contributed by atoms with Crippen LogP contribution in [0, 0.1) is 0 Å². The summed E-state index contributed by atoms with van der Waals surface area (Å²) in [7, 11) is 1.30. The smallest absolute Gasteiger partial charge is 0.330 e. The number of rotatable bonds is 6. The van der Waals surface area contributed by atoms with Crippen molar-refractivity contribution < 1.29 is 14.3 Å². The summed E-state index contributed by atoms with van der Waals surface area (Å²) in [6, 6.07) is 7.30. The van der Waals surface area contributed by atoms with Crippen LogP contribution in [-0.4, -0.2) is 31.6 Å². The Morgan fingerprint density at radius 2 is 1.80 bits per heavy atom. The Labute approximate surface area is 119 Å². The molecule has 0 spiro atoms. The number of amides is 1. The van der Waals surface area contributed by atoms with E-state index in [0.29, 0.717) is 5.92 Å². The van der Waals surface area contributed by atoms with Gasteiger partial charge in [0.25, 0.3) is 0 Å². The summed E-state index contributed by atoms with van der Waals surface area (Å²) in [5.74, 6) is -0.255. The lowest BCUT2D eigenvalue weighted by Gasteiger charge is -2.17. The quantitative estimate of drug-likeness (QED) is 0.780. The van der Waals surface area contributed by atoms with Gasteiger partial charge in [-0.15, -0.1) is 0 Å². The van der Waals surface area contributed by atoms with Crippen LogP contribution in [0.4, 0.5) is 5.69 Å². The monoisotopic (exact) mass is 278 g/mol. The normalized spacial score (nSPS) is 11.8. The van der Waals surface area contributed by atoms with Crippen molar-refractivity contribution in [2.75, 3.05) is 19.0 Å². The van der Waals surface area contributed by atoms with Crippen LogP contribution in [0.2, 0.25) is 0 Å². The molecular formula is C15H22N2O3. The zero-order chi connectivity index (χ0) is 15.1. The van der Waals surface area contributed by atoms with Gasteiger partial charge in [0.2, 0.25) is 5.91 Å². The van der Waals surface area contributed by atoms with Crippen LogP contribution in [0.15, 0.2) is 24.3 Å². The van der Waals surface area contributed by atoms with E-state index >= 15 is 0 Å². The molecule has 0 saturated carbocycles. The van der Waals surface area contributed by atoms with Gasteiger partial charge in [0.15, 0.2) is 0 Å². The summed E-state index contributed by atoms with van der Waals surface area (Å²) in [6.45, 7) is 5.92. The molecule has 20 heavy (non-hydrogen) atoms. The van der Waals surface area contributed by atoms with Crippen LogP contribution in [0.3, 0.4) is 0 Å². The molecule has 0 radical (unpaired) electrons. The first-order valence-electron chi connectivity index (χ1n) is 6.62. The minimum absolute atomic E-state index is 0.266. The van der Waals surface area contributed by atoms with Crippen LogP contribution in [0.5, 0.6) is 0 Å². The van der Waals surface area contributed by atoms with E-state index in [0.717, 1.165) is 5.69 Å². The Balaban J connectivity index is 2.62. The van der Waals surface area contributed by atoms with Crippen LogP contribution >= 0.6 is 0 Å². The second-order valence-corrected chi connectivity index (χ2v) is 4.93. The predicted molar refractivity (Wildman–Crippen MR) is 78.6 cm³/mol. The lowest BCUT2D eigenvalue weighted by atomic mass is 10.0. The average Bonchev–Trinajstić information content (AvgIpc) is 2.42. The first kappa shape index (κ1) is 16.0. The van der Waals surface area contributed by atoms with E-state index in [4.69, 9.17) is 0 Å². The van der Waals surface area contributed by atoms with Crippen molar-refractivity contribution in [2.45, 2.75) is 32.7 Å². The molecule has 0 aliphatic carbocycles. The molecule has 110 valence electrons. The zero-order valence-corrected chi connectivity index (χ0v) is 12.4. The van der Waals surface area contributed by atoms with Crippen LogP contribution in [0.1, 0.15) is 32.3 Å². The highest BCUT2D eigenvalue weighted by Crippen LogP contribution is 2.17. The standard InChI is InChI=1S/C15H22N2O3/c1-10(2)12-5-7-13(8-6-12)16-9-14(15(19)20-4)17-11(3)18/h5-8,10,14,16H,9H2,1-4H3,(H,17,18). The number of ether oxygens (including phenoxy) is 1. The maximum atomic E-state index is 11.5. The topological polar surface area (TPSA) is 67.4 Å². The van der Waals surface area contributed by atoms with E-state index in [1.807, 2.05) is 24.3 Å². The molecule has 0 aliphatic heterocycles. The van der Waals surface area contributed by atoms with Crippen LogP contribution in [0.25, 0.3) is 0 Å². The van der Waals surface area contributed by atoms with Crippen molar-refractivity contribution in [3.63, 3.8) is 0 Å². The Bertz CT molecular complexity index is 455. The fraction of sp³-hybridized carbons (Fsp3) is 0.467. The van der Waals surface area contributed by atoms with Gasteiger partial charge in [0.1, 0.15) is 6.04 Å². The van der Waals surface area contributed by atoms with E-state index in [2.05, 4.69) is 29.2 Å². The summed E-state index contributed by atoms with van der Waals surface area (Å²) < 4.78 is 4.66. The second-order valence-electron chi connectivity index (χ2n) is 4.93. The number of benzene rings is 1. The third-order valence-corrected chi connectivity index (χ3v) is 2.95. The number of carbonyl (C=O) groups is 2. The summed E-state index contributed by atoms with van der Waals surface area (Å²) in [5.41, 5.74) is 2.15. The molecule has 2 N–H and O–H groups in total. The fourth-order valence-electron chi connectivity index (χ4n) is 1.79. The highest BCUT2D eigenvalue weighted by atomic mass is 16.5. The lowest BCUT2D eigenvalue weighted by molar-refractivity contribution is -0.144. The lowest BCUT2D eigenvalue weighted by Crippen LogP contribution is -2.45. The van der Waals surface area contributed by atoms with Gasteiger partial charge < -0.3 is 15.4 Å². The number of esters is 1. The Morgan fingerprint density at radius 3 is 2.25 bits per heavy atom. The molecule has 0 heterocycles.